The fourth-order valence-electron chi connectivity index (χ4n) is 1.08. The van der Waals surface area contributed by atoms with Gasteiger partial charge in [0.05, 0.1) is 11.7 Å². The van der Waals surface area contributed by atoms with E-state index in [-0.39, 0.29) is 11.9 Å². The first kappa shape index (κ1) is 12.6. The maximum Gasteiger partial charge on any atom is 0.419 e. The third-order valence-electron chi connectivity index (χ3n) is 1.61. The minimum atomic E-state index is -4.37. The van der Waals surface area contributed by atoms with Crippen molar-refractivity contribution in [2.75, 3.05) is 0 Å². The van der Waals surface area contributed by atoms with E-state index in [0.29, 0.717) is 0 Å². The number of benzene rings is 1. The van der Waals surface area contributed by atoms with E-state index >= 15 is 0 Å². The van der Waals surface area contributed by atoms with Gasteiger partial charge in [0, 0.05) is 3.57 Å². The number of hydrogen-bond acceptors (Lipinski definition) is 1. The summed E-state index contributed by atoms with van der Waals surface area (Å²) in [7, 11) is 0. The van der Waals surface area contributed by atoms with Crippen LogP contribution in [0.5, 0.6) is 5.75 Å². The first-order valence-electron chi connectivity index (χ1n) is 4.34. The molecule has 0 saturated heterocycles. The smallest absolute Gasteiger partial charge is 0.419 e. The summed E-state index contributed by atoms with van der Waals surface area (Å²) < 4.78 is 43.5. The van der Waals surface area contributed by atoms with E-state index in [4.69, 9.17) is 4.74 Å². The van der Waals surface area contributed by atoms with Crippen molar-refractivity contribution in [3.8, 4) is 5.75 Å². The molecule has 0 aromatic heterocycles. The molecule has 0 aliphatic heterocycles. The van der Waals surface area contributed by atoms with Crippen LogP contribution in [0.3, 0.4) is 0 Å². The molecule has 0 radical (unpaired) electrons. The second-order valence-electron chi connectivity index (χ2n) is 3.30. The highest BCUT2D eigenvalue weighted by Gasteiger charge is 2.34. The van der Waals surface area contributed by atoms with Crippen molar-refractivity contribution in [3.05, 3.63) is 27.3 Å². The summed E-state index contributed by atoms with van der Waals surface area (Å²) in [6.45, 7) is 3.39. The van der Waals surface area contributed by atoms with Gasteiger partial charge in [0.25, 0.3) is 0 Å². The molecule has 0 fully saturated rings. The topological polar surface area (TPSA) is 9.23 Å². The predicted molar refractivity (Wildman–Crippen MR) is 59.9 cm³/mol. The van der Waals surface area contributed by atoms with Crippen LogP contribution >= 0.6 is 22.6 Å². The lowest BCUT2D eigenvalue weighted by atomic mass is 10.2. The summed E-state index contributed by atoms with van der Waals surface area (Å²) in [6.07, 6.45) is -4.64. The van der Waals surface area contributed by atoms with Crippen molar-refractivity contribution in [3.63, 3.8) is 0 Å². The van der Waals surface area contributed by atoms with Crippen LogP contribution in [0, 0.1) is 3.57 Å². The van der Waals surface area contributed by atoms with E-state index in [2.05, 4.69) is 0 Å². The Hall–Kier alpha value is -0.460. The Bertz CT molecular complexity index is 347. The molecular weight excluding hydrogens is 320 g/mol. The highest BCUT2D eigenvalue weighted by Crippen LogP contribution is 2.37. The maximum atomic E-state index is 12.5. The average Bonchev–Trinajstić information content (AvgIpc) is 1.99. The fraction of sp³-hybridized carbons (Fsp3) is 0.400. The summed E-state index contributed by atoms with van der Waals surface area (Å²) in [6, 6.07) is 3.85. The predicted octanol–water partition coefficient (Wildman–Crippen LogP) is 4.10. The Kier molecular flexibility index (Phi) is 3.86. The van der Waals surface area contributed by atoms with Gasteiger partial charge in [-0.25, -0.2) is 0 Å². The number of hydrogen-bond donors (Lipinski definition) is 0. The Morgan fingerprint density at radius 3 is 2.33 bits per heavy atom. The van der Waals surface area contributed by atoms with E-state index in [1.807, 2.05) is 22.6 Å². The molecule has 5 heteroatoms. The van der Waals surface area contributed by atoms with Crippen LogP contribution in [-0.4, -0.2) is 6.10 Å². The van der Waals surface area contributed by atoms with Crippen molar-refractivity contribution in [2.45, 2.75) is 26.1 Å². The van der Waals surface area contributed by atoms with Crippen LogP contribution in [0.4, 0.5) is 13.2 Å². The Labute approximate surface area is 99.8 Å². The molecule has 84 valence electrons. The van der Waals surface area contributed by atoms with Gasteiger partial charge in [-0.05, 0) is 54.6 Å². The largest absolute Gasteiger partial charge is 0.490 e. The third-order valence-corrected chi connectivity index (χ3v) is 2.28. The minimum Gasteiger partial charge on any atom is -0.490 e. The van der Waals surface area contributed by atoms with Gasteiger partial charge in [-0.1, -0.05) is 0 Å². The summed E-state index contributed by atoms with van der Waals surface area (Å²) in [5.41, 5.74) is -0.725. The lowest BCUT2D eigenvalue weighted by molar-refractivity contribution is -0.139. The van der Waals surface area contributed by atoms with Gasteiger partial charge in [-0.2, -0.15) is 13.2 Å². The van der Waals surface area contributed by atoms with Crippen LogP contribution in [0.15, 0.2) is 18.2 Å². The summed E-state index contributed by atoms with van der Waals surface area (Å²) in [4.78, 5) is 0. The van der Waals surface area contributed by atoms with Gasteiger partial charge in [0.1, 0.15) is 5.75 Å². The Morgan fingerprint density at radius 2 is 1.87 bits per heavy atom. The van der Waals surface area contributed by atoms with Gasteiger partial charge in [-0.15, -0.1) is 0 Å². The normalized spacial score (nSPS) is 11.9. The second kappa shape index (κ2) is 4.59. The van der Waals surface area contributed by atoms with Crippen LogP contribution in [0.25, 0.3) is 0 Å². The third kappa shape index (κ3) is 3.55. The molecule has 1 aromatic rings. The van der Waals surface area contributed by atoms with Crippen molar-refractivity contribution < 1.29 is 17.9 Å². The first-order chi connectivity index (χ1) is 6.80. The average molecular weight is 330 g/mol. The summed E-state index contributed by atoms with van der Waals surface area (Å²) >= 11 is 1.95. The van der Waals surface area contributed by atoms with Crippen LogP contribution in [-0.2, 0) is 6.18 Å². The Morgan fingerprint density at radius 1 is 1.27 bits per heavy atom. The molecule has 0 aliphatic rings. The fourth-order valence-corrected chi connectivity index (χ4v) is 1.54. The van der Waals surface area contributed by atoms with Gasteiger partial charge < -0.3 is 4.74 Å². The summed E-state index contributed by atoms with van der Waals surface area (Å²) in [5.74, 6) is -0.107. The quantitative estimate of drug-likeness (QED) is 0.742. The van der Waals surface area contributed by atoms with Crippen molar-refractivity contribution in [2.24, 2.45) is 0 Å². The molecule has 15 heavy (non-hydrogen) atoms. The molecule has 0 unspecified atom stereocenters. The number of alkyl halides is 3. The number of rotatable bonds is 2. The summed E-state index contributed by atoms with van der Waals surface area (Å²) in [5, 5.41) is 0. The molecule has 0 saturated carbocycles. The molecule has 0 bridgehead atoms. The molecule has 1 aromatic carbocycles. The Balaban J connectivity index is 3.15. The molecule has 1 nitrogen and oxygen atoms in total. The molecule has 0 aliphatic carbocycles. The molecule has 0 N–H and O–H groups in total. The van der Waals surface area contributed by atoms with E-state index in [1.54, 1.807) is 13.8 Å². The van der Waals surface area contributed by atoms with E-state index in [9.17, 15) is 13.2 Å². The van der Waals surface area contributed by atoms with Gasteiger partial charge in [-0.3, -0.25) is 0 Å². The molecule has 1 rings (SSSR count). The van der Waals surface area contributed by atoms with Gasteiger partial charge in [0.15, 0.2) is 0 Å². The molecular formula is C10H10F3IO. The maximum absolute atomic E-state index is 12.5. The SMILES string of the molecule is CC(C)Oc1cc(I)ccc1C(F)(F)F. The van der Waals surface area contributed by atoms with Crippen molar-refractivity contribution in [1.82, 2.24) is 0 Å². The minimum absolute atomic E-state index is 0.107. The van der Waals surface area contributed by atoms with Crippen LogP contribution in [0.1, 0.15) is 19.4 Å². The molecule has 0 spiro atoms. The van der Waals surface area contributed by atoms with Crippen molar-refractivity contribution >= 4 is 22.6 Å². The highest BCUT2D eigenvalue weighted by atomic mass is 127. The van der Waals surface area contributed by atoms with E-state index < -0.39 is 11.7 Å². The zero-order valence-electron chi connectivity index (χ0n) is 8.23. The molecule has 0 amide bonds. The molecule has 0 atom stereocenters. The van der Waals surface area contributed by atoms with Crippen LogP contribution < -0.4 is 4.74 Å². The number of halogens is 4. The number of ether oxygens (including phenoxy) is 1. The van der Waals surface area contributed by atoms with Crippen LogP contribution in [0.2, 0.25) is 0 Å². The lowest BCUT2D eigenvalue weighted by Crippen LogP contribution is -2.13. The van der Waals surface area contributed by atoms with Gasteiger partial charge in [0.2, 0.25) is 0 Å². The second-order valence-corrected chi connectivity index (χ2v) is 4.55. The molecule has 0 heterocycles. The zero-order valence-corrected chi connectivity index (χ0v) is 10.4. The van der Waals surface area contributed by atoms with Gasteiger partial charge >= 0.3 is 6.18 Å². The lowest BCUT2D eigenvalue weighted by Gasteiger charge is -2.16. The zero-order chi connectivity index (χ0) is 11.6. The standard InChI is InChI=1S/C10H10F3IO/c1-6(2)15-9-5-7(14)3-4-8(9)10(11,12)13/h3-6H,1-2H3. The van der Waals surface area contributed by atoms with E-state index in [1.165, 1.54) is 12.1 Å². The van der Waals surface area contributed by atoms with Crippen molar-refractivity contribution in [1.29, 1.82) is 0 Å². The highest BCUT2D eigenvalue weighted by molar-refractivity contribution is 14.1. The van der Waals surface area contributed by atoms with E-state index in [0.717, 1.165) is 9.64 Å². The first-order valence-corrected chi connectivity index (χ1v) is 5.42. The monoisotopic (exact) mass is 330 g/mol.